The van der Waals surface area contributed by atoms with Gasteiger partial charge in [-0.3, -0.25) is 4.79 Å². The van der Waals surface area contributed by atoms with Gasteiger partial charge in [0, 0.05) is 24.1 Å². The molecule has 4 nitrogen and oxygen atoms in total. The van der Waals surface area contributed by atoms with E-state index in [0.29, 0.717) is 0 Å². The minimum Gasteiger partial charge on any atom is -0.394 e. The Balaban J connectivity index is 1.57. The number of carbonyl (C=O) groups excluding carboxylic acids is 1. The van der Waals surface area contributed by atoms with E-state index >= 15 is 0 Å². The Morgan fingerprint density at radius 3 is 2.56 bits per heavy atom. The highest BCUT2D eigenvalue weighted by molar-refractivity contribution is 5.82. The van der Waals surface area contributed by atoms with Crippen LogP contribution in [0, 0.1) is 17.7 Å². The summed E-state index contributed by atoms with van der Waals surface area (Å²) in [6.07, 6.45) is 2.90. The molecule has 0 unspecified atom stereocenters. The Kier molecular flexibility index (Phi) is 3.93. The van der Waals surface area contributed by atoms with Crippen LogP contribution in [0.2, 0.25) is 0 Å². The number of rotatable bonds is 3. The fourth-order valence-electron chi connectivity index (χ4n) is 4.70. The quantitative estimate of drug-likeness (QED) is 0.873. The lowest BCUT2D eigenvalue weighted by atomic mass is 9.82. The number of benzene rings is 2. The Labute approximate surface area is 158 Å². The van der Waals surface area contributed by atoms with E-state index in [2.05, 4.69) is 11.4 Å². The maximum atomic E-state index is 13.3. The van der Waals surface area contributed by atoms with Gasteiger partial charge >= 0.3 is 0 Å². The Morgan fingerprint density at radius 1 is 1.11 bits per heavy atom. The van der Waals surface area contributed by atoms with Crippen LogP contribution in [-0.4, -0.2) is 35.1 Å². The van der Waals surface area contributed by atoms with Gasteiger partial charge in [0.2, 0.25) is 5.91 Å². The molecule has 1 saturated heterocycles. The van der Waals surface area contributed by atoms with Crippen molar-refractivity contribution in [2.75, 3.05) is 18.5 Å². The van der Waals surface area contributed by atoms with Crippen molar-refractivity contribution in [3.8, 4) is 11.1 Å². The molecular formula is C22H23FN2O2. The second-order valence-corrected chi connectivity index (χ2v) is 7.95. The van der Waals surface area contributed by atoms with Gasteiger partial charge < -0.3 is 15.3 Å². The molecule has 27 heavy (non-hydrogen) atoms. The number of aliphatic hydroxyl groups is 1. The summed E-state index contributed by atoms with van der Waals surface area (Å²) in [5, 5.41) is 13.3. The number of nitrogens with zero attached hydrogens (tertiary/aromatic N) is 1. The molecule has 140 valence electrons. The SMILES string of the molecule is O=C(C1CC1)N1CC[C@@H]2[C@H](CO)Nc3ccc(-c4ccc(F)cc4)cc3[C@@H]21. The highest BCUT2D eigenvalue weighted by Crippen LogP contribution is 2.49. The molecule has 2 fully saturated rings. The minimum absolute atomic E-state index is 0.00639. The van der Waals surface area contributed by atoms with Gasteiger partial charge in [0.05, 0.1) is 18.7 Å². The Bertz CT molecular complexity index is 878. The number of anilines is 1. The minimum atomic E-state index is -0.249. The first-order valence-electron chi connectivity index (χ1n) is 9.73. The number of amides is 1. The average Bonchev–Trinajstić information content (AvgIpc) is 3.45. The van der Waals surface area contributed by atoms with Crippen LogP contribution in [0.15, 0.2) is 42.5 Å². The number of hydrogen-bond donors (Lipinski definition) is 2. The van der Waals surface area contributed by atoms with E-state index in [0.717, 1.165) is 48.2 Å². The van der Waals surface area contributed by atoms with Crippen molar-refractivity contribution in [2.24, 2.45) is 11.8 Å². The summed E-state index contributed by atoms with van der Waals surface area (Å²) in [5.41, 5.74) is 4.07. The first-order valence-corrected chi connectivity index (χ1v) is 9.73. The Hall–Kier alpha value is -2.40. The molecule has 2 aromatic carbocycles. The molecule has 1 amide bonds. The molecule has 2 aromatic rings. The molecule has 5 rings (SSSR count). The number of aliphatic hydroxyl groups excluding tert-OH is 1. The third kappa shape index (κ3) is 2.81. The van der Waals surface area contributed by atoms with Crippen LogP contribution in [0.1, 0.15) is 30.9 Å². The molecule has 2 aliphatic heterocycles. The van der Waals surface area contributed by atoms with E-state index in [1.807, 2.05) is 17.0 Å². The van der Waals surface area contributed by atoms with Crippen LogP contribution in [0.5, 0.6) is 0 Å². The Morgan fingerprint density at radius 2 is 1.85 bits per heavy atom. The van der Waals surface area contributed by atoms with Gasteiger partial charge in [-0.1, -0.05) is 18.2 Å². The summed E-state index contributed by atoms with van der Waals surface area (Å²) in [6, 6.07) is 12.6. The lowest BCUT2D eigenvalue weighted by molar-refractivity contribution is -0.134. The predicted molar refractivity (Wildman–Crippen MR) is 102 cm³/mol. The lowest BCUT2D eigenvalue weighted by Crippen LogP contribution is -2.43. The smallest absolute Gasteiger partial charge is 0.226 e. The predicted octanol–water partition coefficient (Wildman–Crippen LogP) is 3.58. The van der Waals surface area contributed by atoms with Crippen molar-refractivity contribution in [1.29, 1.82) is 0 Å². The standard InChI is InChI=1S/C22H23FN2O2/c23-16-6-3-13(4-7-16)15-5-8-19-18(11-15)21-17(20(12-26)24-19)9-10-25(21)22(27)14-1-2-14/h3-8,11,14,17,20-21,24,26H,1-2,9-10,12H2/t17-,20+,21-/m1/s1. The third-order valence-electron chi connectivity index (χ3n) is 6.26. The van der Waals surface area contributed by atoms with E-state index < -0.39 is 0 Å². The molecular weight excluding hydrogens is 343 g/mol. The maximum absolute atomic E-state index is 13.3. The molecule has 1 saturated carbocycles. The van der Waals surface area contributed by atoms with Gasteiger partial charge in [0.1, 0.15) is 5.82 Å². The summed E-state index contributed by atoms with van der Waals surface area (Å²) in [6.45, 7) is 0.814. The van der Waals surface area contributed by atoms with Crippen LogP contribution in [-0.2, 0) is 4.79 Å². The number of hydrogen-bond acceptors (Lipinski definition) is 3. The average molecular weight is 366 g/mol. The van der Waals surface area contributed by atoms with E-state index in [1.54, 1.807) is 12.1 Å². The number of fused-ring (bicyclic) bond motifs is 3. The number of nitrogens with one attached hydrogen (secondary N) is 1. The fourth-order valence-corrected chi connectivity index (χ4v) is 4.70. The van der Waals surface area contributed by atoms with Crippen molar-refractivity contribution in [1.82, 2.24) is 4.90 Å². The molecule has 3 aliphatic rings. The van der Waals surface area contributed by atoms with Gasteiger partial charge in [-0.05, 0) is 60.2 Å². The second-order valence-electron chi connectivity index (χ2n) is 7.95. The van der Waals surface area contributed by atoms with Crippen molar-refractivity contribution in [2.45, 2.75) is 31.3 Å². The van der Waals surface area contributed by atoms with E-state index in [4.69, 9.17) is 0 Å². The van der Waals surface area contributed by atoms with Gasteiger partial charge in [-0.2, -0.15) is 0 Å². The topological polar surface area (TPSA) is 52.6 Å². The zero-order valence-electron chi connectivity index (χ0n) is 15.1. The van der Waals surface area contributed by atoms with Crippen LogP contribution < -0.4 is 5.32 Å². The summed E-state index contributed by atoms with van der Waals surface area (Å²) in [7, 11) is 0. The van der Waals surface area contributed by atoms with Crippen LogP contribution >= 0.6 is 0 Å². The summed E-state index contributed by atoms with van der Waals surface area (Å²) in [5.74, 6) is 0.420. The summed E-state index contributed by atoms with van der Waals surface area (Å²) in [4.78, 5) is 14.9. The molecule has 5 heteroatoms. The highest BCUT2D eigenvalue weighted by Gasteiger charge is 2.48. The molecule has 0 radical (unpaired) electrons. The van der Waals surface area contributed by atoms with E-state index in [1.165, 1.54) is 12.1 Å². The van der Waals surface area contributed by atoms with Crippen molar-refractivity contribution >= 4 is 11.6 Å². The van der Waals surface area contributed by atoms with Crippen LogP contribution in [0.3, 0.4) is 0 Å². The zero-order valence-corrected chi connectivity index (χ0v) is 15.1. The third-order valence-corrected chi connectivity index (χ3v) is 6.26. The molecule has 0 bridgehead atoms. The zero-order chi connectivity index (χ0) is 18.5. The molecule has 2 heterocycles. The van der Waals surface area contributed by atoms with Gasteiger partial charge in [0.15, 0.2) is 0 Å². The molecule has 1 aliphatic carbocycles. The van der Waals surface area contributed by atoms with Crippen molar-refractivity contribution in [3.63, 3.8) is 0 Å². The van der Waals surface area contributed by atoms with Gasteiger partial charge in [0.25, 0.3) is 0 Å². The second kappa shape index (κ2) is 6.34. The van der Waals surface area contributed by atoms with Gasteiger partial charge in [-0.25, -0.2) is 4.39 Å². The van der Waals surface area contributed by atoms with Crippen LogP contribution in [0.4, 0.5) is 10.1 Å². The fraction of sp³-hybridized carbons (Fsp3) is 0.409. The van der Waals surface area contributed by atoms with Gasteiger partial charge in [-0.15, -0.1) is 0 Å². The normalized spacial score (nSPS) is 26.3. The summed E-state index contributed by atoms with van der Waals surface area (Å²) < 4.78 is 13.3. The number of halogens is 1. The maximum Gasteiger partial charge on any atom is 0.226 e. The molecule has 3 atom stereocenters. The highest BCUT2D eigenvalue weighted by atomic mass is 19.1. The van der Waals surface area contributed by atoms with E-state index in [-0.39, 0.29) is 42.3 Å². The van der Waals surface area contributed by atoms with Crippen LogP contribution in [0.25, 0.3) is 11.1 Å². The molecule has 2 N–H and O–H groups in total. The molecule has 0 aromatic heterocycles. The monoisotopic (exact) mass is 366 g/mol. The van der Waals surface area contributed by atoms with Crippen molar-refractivity contribution < 1.29 is 14.3 Å². The molecule has 0 spiro atoms. The number of likely N-dealkylation sites (tertiary alicyclic amines) is 1. The van der Waals surface area contributed by atoms with Crippen molar-refractivity contribution in [3.05, 3.63) is 53.8 Å². The largest absolute Gasteiger partial charge is 0.394 e. The number of carbonyl (C=O) groups is 1. The lowest BCUT2D eigenvalue weighted by Gasteiger charge is -2.39. The van der Waals surface area contributed by atoms with E-state index in [9.17, 15) is 14.3 Å². The first kappa shape index (κ1) is 16.8. The first-order chi connectivity index (χ1) is 13.2. The summed E-state index contributed by atoms with van der Waals surface area (Å²) >= 11 is 0.